The van der Waals surface area contributed by atoms with Crippen LogP contribution in [-0.2, 0) is 4.79 Å². The monoisotopic (exact) mass is 264 g/mol. The highest BCUT2D eigenvalue weighted by Crippen LogP contribution is 2.14. The Bertz CT molecular complexity index is 429. The molecule has 1 aromatic rings. The van der Waals surface area contributed by atoms with E-state index in [0.29, 0.717) is 19.5 Å². The van der Waals surface area contributed by atoms with E-state index in [0.717, 1.165) is 11.3 Å². The van der Waals surface area contributed by atoms with Gasteiger partial charge in [0, 0.05) is 25.2 Å². The van der Waals surface area contributed by atoms with Crippen LogP contribution < -0.4 is 10.2 Å². The van der Waals surface area contributed by atoms with Gasteiger partial charge in [-0.15, -0.1) is 0 Å². The molecule has 0 fully saturated rings. The van der Waals surface area contributed by atoms with Gasteiger partial charge in [0.15, 0.2) is 0 Å². The predicted octanol–water partition coefficient (Wildman–Crippen LogP) is 2.40. The Morgan fingerprint density at radius 1 is 1.26 bits per heavy atom. The van der Waals surface area contributed by atoms with Crippen molar-refractivity contribution in [3.05, 3.63) is 29.8 Å². The summed E-state index contributed by atoms with van der Waals surface area (Å²) in [6, 6.07) is 7.51. The van der Waals surface area contributed by atoms with Gasteiger partial charge in [-0.25, -0.2) is 4.79 Å². The van der Waals surface area contributed by atoms with Crippen molar-refractivity contribution >= 4 is 17.7 Å². The highest BCUT2D eigenvalue weighted by Gasteiger charge is 2.12. The average Bonchev–Trinajstić information content (AvgIpc) is 2.37. The molecule has 0 aliphatic heterocycles. The third kappa shape index (κ3) is 4.99. The van der Waals surface area contributed by atoms with E-state index in [-0.39, 0.29) is 12.5 Å². The van der Waals surface area contributed by atoms with Gasteiger partial charge in [0.1, 0.15) is 0 Å². The summed E-state index contributed by atoms with van der Waals surface area (Å²) in [6.07, 6.45) is 0.503. The Morgan fingerprint density at radius 3 is 2.42 bits per heavy atom. The summed E-state index contributed by atoms with van der Waals surface area (Å²) in [5, 5.41) is 11.2. The number of benzene rings is 1. The Balaban J connectivity index is 2.52. The number of carbonyl (C=O) groups is 2. The fourth-order valence-corrected chi connectivity index (χ4v) is 1.70. The summed E-state index contributed by atoms with van der Waals surface area (Å²) < 4.78 is 0. The van der Waals surface area contributed by atoms with Gasteiger partial charge in [-0.2, -0.15) is 0 Å². The number of nitrogens with one attached hydrogen (secondary N) is 1. The van der Waals surface area contributed by atoms with Crippen molar-refractivity contribution in [2.75, 3.05) is 18.0 Å². The Morgan fingerprint density at radius 2 is 1.89 bits per heavy atom. The predicted molar refractivity (Wildman–Crippen MR) is 74.5 cm³/mol. The van der Waals surface area contributed by atoms with Crippen molar-refractivity contribution in [2.45, 2.75) is 26.7 Å². The van der Waals surface area contributed by atoms with Crippen molar-refractivity contribution in [1.82, 2.24) is 5.32 Å². The molecule has 104 valence electrons. The SMILES string of the molecule is CCN(C(=O)NCCCC(=O)O)c1ccc(C)cc1. The maximum atomic E-state index is 12.0. The molecule has 0 atom stereocenters. The van der Waals surface area contributed by atoms with E-state index < -0.39 is 5.97 Å². The minimum absolute atomic E-state index is 0.0664. The van der Waals surface area contributed by atoms with E-state index in [1.165, 1.54) is 0 Å². The molecule has 5 nitrogen and oxygen atoms in total. The van der Waals surface area contributed by atoms with Crippen LogP contribution in [0.25, 0.3) is 0 Å². The van der Waals surface area contributed by atoms with Gasteiger partial charge in [-0.1, -0.05) is 17.7 Å². The molecule has 0 saturated heterocycles. The maximum absolute atomic E-state index is 12.0. The number of nitrogens with zero attached hydrogens (tertiary/aromatic N) is 1. The maximum Gasteiger partial charge on any atom is 0.321 e. The van der Waals surface area contributed by atoms with E-state index in [9.17, 15) is 9.59 Å². The number of carboxylic acids is 1. The zero-order valence-corrected chi connectivity index (χ0v) is 11.3. The van der Waals surface area contributed by atoms with Crippen LogP contribution in [0, 0.1) is 6.92 Å². The zero-order valence-electron chi connectivity index (χ0n) is 11.3. The number of hydrogen-bond donors (Lipinski definition) is 2. The van der Waals surface area contributed by atoms with Gasteiger partial charge >= 0.3 is 12.0 Å². The smallest absolute Gasteiger partial charge is 0.321 e. The number of carboxylic acid groups (broad SMARTS) is 1. The highest BCUT2D eigenvalue weighted by molar-refractivity contribution is 5.91. The third-order valence-corrected chi connectivity index (χ3v) is 2.75. The van der Waals surface area contributed by atoms with Crippen LogP contribution in [0.3, 0.4) is 0 Å². The van der Waals surface area contributed by atoms with Crippen molar-refractivity contribution in [1.29, 1.82) is 0 Å². The van der Waals surface area contributed by atoms with Crippen LogP contribution in [-0.4, -0.2) is 30.2 Å². The number of anilines is 1. The van der Waals surface area contributed by atoms with Crippen LogP contribution in [0.5, 0.6) is 0 Å². The van der Waals surface area contributed by atoms with Gasteiger partial charge in [-0.05, 0) is 32.4 Å². The molecule has 0 aromatic heterocycles. The molecule has 0 saturated carbocycles. The van der Waals surface area contributed by atoms with E-state index >= 15 is 0 Å². The summed E-state index contributed by atoms with van der Waals surface area (Å²) >= 11 is 0. The lowest BCUT2D eigenvalue weighted by molar-refractivity contribution is -0.137. The molecule has 1 aromatic carbocycles. The molecule has 19 heavy (non-hydrogen) atoms. The Labute approximate surface area is 113 Å². The van der Waals surface area contributed by atoms with Crippen molar-refractivity contribution in [3.8, 4) is 0 Å². The van der Waals surface area contributed by atoms with Gasteiger partial charge in [0.2, 0.25) is 0 Å². The van der Waals surface area contributed by atoms with E-state index in [4.69, 9.17) is 5.11 Å². The van der Waals surface area contributed by atoms with Crippen molar-refractivity contribution < 1.29 is 14.7 Å². The van der Waals surface area contributed by atoms with E-state index in [1.54, 1.807) is 4.90 Å². The number of amides is 2. The molecule has 0 bridgehead atoms. The van der Waals surface area contributed by atoms with Crippen molar-refractivity contribution in [2.24, 2.45) is 0 Å². The molecule has 5 heteroatoms. The summed E-state index contributed by atoms with van der Waals surface area (Å²) in [6.45, 7) is 4.82. The first-order valence-electron chi connectivity index (χ1n) is 6.38. The summed E-state index contributed by atoms with van der Waals surface area (Å²) in [5.41, 5.74) is 1.98. The second-order valence-electron chi connectivity index (χ2n) is 4.31. The van der Waals surface area contributed by atoms with E-state index in [2.05, 4.69) is 5.32 Å². The molecule has 2 N–H and O–H groups in total. The van der Waals surface area contributed by atoms with Crippen molar-refractivity contribution in [3.63, 3.8) is 0 Å². The number of hydrogen-bond acceptors (Lipinski definition) is 2. The molecule has 0 unspecified atom stereocenters. The topological polar surface area (TPSA) is 69.6 Å². The van der Waals surface area contributed by atoms with E-state index in [1.807, 2.05) is 38.1 Å². The van der Waals surface area contributed by atoms with Crippen LogP contribution in [0.4, 0.5) is 10.5 Å². The number of rotatable bonds is 6. The summed E-state index contributed by atoms with van der Waals surface area (Å²) in [4.78, 5) is 24.0. The summed E-state index contributed by atoms with van der Waals surface area (Å²) in [7, 11) is 0. The lowest BCUT2D eigenvalue weighted by Gasteiger charge is -2.21. The lowest BCUT2D eigenvalue weighted by atomic mass is 10.2. The van der Waals surface area contributed by atoms with Gasteiger partial charge in [0.05, 0.1) is 0 Å². The number of carbonyl (C=O) groups excluding carboxylic acids is 1. The number of aryl methyl sites for hydroxylation is 1. The first-order valence-corrected chi connectivity index (χ1v) is 6.38. The third-order valence-electron chi connectivity index (χ3n) is 2.75. The molecule has 2 amide bonds. The lowest BCUT2D eigenvalue weighted by Crippen LogP contribution is -2.40. The summed E-state index contributed by atoms with van der Waals surface area (Å²) in [5.74, 6) is -0.847. The molecule has 0 spiro atoms. The number of urea groups is 1. The molecule has 0 heterocycles. The standard InChI is InChI=1S/C14H20N2O3/c1-3-16(12-8-6-11(2)7-9-12)14(19)15-10-4-5-13(17)18/h6-9H,3-5,10H2,1-2H3,(H,15,19)(H,17,18). The minimum atomic E-state index is -0.847. The Hall–Kier alpha value is -2.04. The van der Waals surface area contributed by atoms with Crippen LogP contribution >= 0.6 is 0 Å². The zero-order chi connectivity index (χ0) is 14.3. The first kappa shape index (κ1) is 15.0. The normalized spacial score (nSPS) is 10.0. The van der Waals surface area contributed by atoms with Crippen LogP contribution in [0.2, 0.25) is 0 Å². The average molecular weight is 264 g/mol. The largest absolute Gasteiger partial charge is 0.481 e. The fraction of sp³-hybridized carbons (Fsp3) is 0.429. The fourth-order valence-electron chi connectivity index (χ4n) is 1.70. The second kappa shape index (κ2) is 7.41. The highest BCUT2D eigenvalue weighted by atomic mass is 16.4. The molecule has 0 aliphatic carbocycles. The second-order valence-corrected chi connectivity index (χ2v) is 4.31. The van der Waals surface area contributed by atoms with Gasteiger partial charge < -0.3 is 10.4 Å². The molecular formula is C14H20N2O3. The van der Waals surface area contributed by atoms with Crippen LogP contribution in [0.1, 0.15) is 25.3 Å². The first-order chi connectivity index (χ1) is 9.04. The molecular weight excluding hydrogens is 244 g/mol. The van der Waals surface area contributed by atoms with Gasteiger partial charge in [0.25, 0.3) is 0 Å². The molecule has 1 rings (SSSR count). The van der Waals surface area contributed by atoms with Gasteiger partial charge in [-0.3, -0.25) is 9.69 Å². The number of aliphatic carboxylic acids is 1. The molecule has 0 radical (unpaired) electrons. The molecule has 0 aliphatic rings. The Kier molecular flexibility index (Phi) is 5.85. The quantitative estimate of drug-likeness (QED) is 0.775. The minimum Gasteiger partial charge on any atom is -0.481 e. The van der Waals surface area contributed by atoms with Crippen LogP contribution in [0.15, 0.2) is 24.3 Å².